The highest BCUT2D eigenvalue weighted by Gasteiger charge is 2.41. The van der Waals surface area contributed by atoms with Gasteiger partial charge in [0.1, 0.15) is 0 Å². The Morgan fingerprint density at radius 1 is 0.706 bits per heavy atom. The summed E-state index contributed by atoms with van der Waals surface area (Å²) in [6, 6.07) is 0. The molecule has 1 rings (SSSR count). The van der Waals surface area contributed by atoms with Crippen LogP contribution in [-0.4, -0.2) is 32.9 Å². The second-order valence-electron chi connectivity index (χ2n) is 8.68. The highest BCUT2D eigenvalue weighted by atomic mass is 19.2. The first kappa shape index (κ1) is 30.7. The maximum Gasteiger partial charge on any atom is 0.285 e. The van der Waals surface area contributed by atoms with E-state index in [1.54, 1.807) is 0 Å². The van der Waals surface area contributed by atoms with Gasteiger partial charge in [-0.2, -0.15) is 0 Å². The van der Waals surface area contributed by atoms with Gasteiger partial charge < -0.3 is 18.9 Å². The number of hydrogen-bond acceptors (Lipinski definition) is 4. The van der Waals surface area contributed by atoms with Crippen molar-refractivity contribution in [2.24, 2.45) is 5.92 Å². The SMILES string of the molecule is CCCCCCCCC(CCCOCc1c(F)c(F)c(F)c(F)c1F)C(OC)(OC)OC(C)C. The largest absolute Gasteiger partial charge is 0.377 e. The third kappa shape index (κ3) is 8.73. The van der Waals surface area contributed by atoms with Crippen molar-refractivity contribution < 1.29 is 40.9 Å². The first-order valence-electron chi connectivity index (χ1n) is 12.0. The number of methoxy groups -OCH3 is 2. The molecule has 0 saturated heterocycles. The molecule has 0 bridgehead atoms. The molecule has 198 valence electrons. The Balaban J connectivity index is 2.73. The van der Waals surface area contributed by atoms with Crippen molar-refractivity contribution in [3.05, 3.63) is 34.6 Å². The third-order valence-corrected chi connectivity index (χ3v) is 5.76. The molecule has 0 heterocycles. The smallest absolute Gasteiger partial charge is 0.285 e. The van der Waals surface area contributed by atoms with Gasteiger partial charge >= 0.3 is 0 Å². The molecule has 0 aliphatic carbocycles. The van der Waals surface area contributed by atoms with Crippen LogP contribution in [0, 0.1) is 35.0 Å². The number of rotatable bonds is 18. The molecule has 34 heavy (non-hydrogen) atoms. The van der Waals surface area contributed by atoms with Crippen LogP contribution in [0.2, 0.25) is 0 Å². The molecule has 0 N–H and O–H groups in total. The fraction of sp³-hybridized carbons (Fsp3) is 0.760. The molecule has 1 aromatic rings. The molecule has 1 unspecified atom stereocenters. The average Bonchev–Trinajstić information content (AvgIpc) is 2.82. The van der Waals surface area contributed by atoms with E-state index in [-0.39, 0.29) is 18.6 Å². The summed E-state index contributed by atoms with van der Waals surface area (Å²) >= 11 is 0. The van der Waals surface area contributed by atoms with E-state index in [0.29, 0.717) is 12.8 Å². The lowest BCUT2D eigenvalue weighted by molar-refractivity contribution is -0.399. The summed E-state index contributed by atoms with van der Waals surface area (Å²) in [6.07, 6.45) is 8.36. The van der Waals surface area contributed by atoms with Crippen molar-refractivity contribution in [3.63, 3.8) is 0 Å². The Morgan fingerprint density at radius 2 is 1.21 bits per heavy atom. The highest BCUT2D eigenvalue weighted by molar-refractivity contribution is 5.23. The van der Waals surface area contributed by atoms with Crippen molar-refractivity contribution in [2.75, 3.05) is 20.8 Å². The predicted octanol–water partition coefficient (Wildman–Crippen LogP) is 7.42. The van der Waals surface area contributed by atoms with E-state index in [4.69, 9.17) is 18.9 Å². The van der Waals surface area contributed by atoms with Crippen LogP contribution in [0.15, 0.2) is 0 Å². The minimum Gasteiger partial charge on any atom is -0.377 e. The molecule has 0 fully saturated rings. The van der Waals surface area contributed by atoms with Gasteiger partial charge in [0.15, 0.2) is 23.3 Å². The van der Waals surface area contributed by atoms with Crippen LogP contribution >= 0.6 is 0 Å². The lowest BCUT2D eigenvalue weighted by Gasteiger charge is -2.39. The van der Waals surface area contributed by atoms with E-state index in [2.05, 4.69) is 6.92 Å². The van der Waals surface area contributed by atoms with E-state index in [9.17, 15) is 22.0 Å². The third-order valence-electron chi connectivity index (χ3n) is 5.76. The zero-order valence-electron chi connectivity index (χ0n) is 21.0. The van der Waals surface area contributed by atoms with Gasteiger partial charge in [-0.3, -0.25) is 0 Å². The zero-order chi connectivity index (χ0) is 25.7. The van der Waals surface area contributed by atoms with Gasteiger partial charge in [-0.1, -0.05) is 45.4 Å². The first-order valence-corrected chi connectivity index (χ1v) is 12.0. The van der Waals surface area contributed by atoms with Gasteiger partial charge in [-0.25, -0.2) is 22.0 Å². The normalized spacial score (nSPS) is 13.1. The lowest BCUT2D eigenvalue weighted by Crippen LogP contribution is -2.46. The Hall–Kier alpha value is -1.29. The Kier molecular flexibility index (Phi) is 14.2. The summed E-state index contributed by atoms with van der Waals surface area (Å²) in [6.45, 7) is 5.25. The molecule has 0 aromatic heterocycles. The molecule has 0 aliphatic rings. The molecule has 0 spiro atoms. The summed E-state index contributed by atoms with van der Waals surface area (Å²) in [5.74, 6) is -11.3. The van der Waals surface area contributed by atoms with Gasteiger partial charge in [-0.05, 0) is 33.1 Å². The second-order valence-corrected chi connectivity index (χ2v) is 8.68. The van der Waals surface area contributed by atoms with Crippen LogP contribution in [0.25, 0.3) is 0 Å². The summed E-state index contributed by atoms with van der Waals surface area (Å²) in [4.78, 5) is 0. The summed E-state index contributed by atoms with van der Waals surface area (Å²) in [5, 5.41) is 0. The number of halogens is 5. The molecule has 0 saturated carbocycles. The Bertz CT molecular complexity index is 697. The van der Waals surface area contributed by atoms with Crippen LogP contribution in [0.1, 0.15) is 84.1 Å². The number of unbranched alkanes of at least 4 members (excludes halogenated alkanes) is 5. The van der Waals surface area contributed by atoms with Gasteiger partial charge in [0, 0.05) is 26.7 Å². The van der Waals surface area contributed by atoms with E-state index < -0.39 is 47.2 Å². The fourth-order valence-corrected chi connectivity index (χ4v) is 3.99. The van der Waals surface area contributed by atoms with Gasteiger partial charge in [0.25, 0.3) is 5.97 Å². The standard InChI is InChI=1S/C25H39F5O4/c1-6-7-8-9-10-11-13-18(25(31-4,32-5)34-17(2)3)14-12-15-33-16-19-20(26)22(28)24(30)23(29)21(19)27/h17-18H,6-16H2,1-5H3. The molecule has 0 amide bonds. The van der Waals surface area contributed by atoms with Crippen LogP contribution in [0.5, 0.6) is 0 Å². The summed E-state index contributed by atoms with van der Waals surface area (Å²) in [7, 11) is 3.03. The Morgan fingerprint density at radius 3 is 1.74 bits per heavy atom. The van der Waals surface area contributed by atoms with Crippen molar-refractivity contribution in [1.82, 2.24) is 0 Å². The van der Waals surface area contributed by atoms with Gasteiger partial charge in [0.2, 0.25) is 5.82 Å². The maximum absolute atomic E-state index is 13.8. The zero-order valence-corrected chi connectivity index (χ0v) is 21.0. The van der Waals surface area contributed by atoms with Crippen molar-refractivity contribution >= 4 is 0 Å². The molecule has 1 atom stereocenters. The lowest BCUT2D eigenvalue weighted by atomic mass is 9.93. The number of hydrogen-bond donors (Lipinski definition) is 0. The molecular weight excluding hydrogens is 459 g/mol. The van der Waals surface area contributed by atoms with Gasteiger partial charge in [0.05, 0.1) is 18.3 Å². The van der Waals surface area contributed by atoms with E-state index >= 15 is 0 Å². The van der Waals surface area contributed by atoms with Crippen LogP contribution < -0.4 is 0 Å². The number of benzene rings is 1. The average molecular weight is 499 g/mol. The highest BCUT2D eigenvalue weighted by Crippen LogP contribution is 2.34. The first-order chi connectivity index (χ1) is 16.1. The molecule has 4 nitrogen and oxygen atoms in total. The minimum atomic E-state index is -2.18. The number of ether oxygens (including phenoxy) is 4. The fourth-order valence-electron chi connectivity index (χ4n) is 3.99. The second kappa shape index (κ2) is 15.7. The molecular formula is C25H39F5O4. The van der Waals surface area contributed by atoms with Gasteiger partial charge in [-0.15, -0.1) is 0 Å². The minimum absolute atomic E-state index is 0.0533. The van der Waals surface area contributed by atoms with Crippen LogP contribution in [0.3, 0.4) is 0 Å². The summed E-state index contributed by atoms with van der Waals surface area (Å²) in [5.41, 5.74) is -0.980. The van der Waals surface area contributed by atoms with E-state index in [1.807, 2.05) is 13.8 Å². The predicted molar refractivity (Wildman–Crippen MR) is 120 cm³/mol. The van der Waals surface area contributed by atoms with Crippen molar-refractivity contribution in [1.29, 1.82) is 0 Å². The van der Waals surface area contributed by atoms with E-state index in [1.165, 1.54) is 33.5 Å². The Labute approximate surface area is 200 Å². The van der Waals surface area contributed by atoms with Crippen LogP contribution in [0.4, 0.5) is 22.0 Å². The van der Waals surface area contributed by atoms with Crippen molar-refractivity contribution in [3.8, 4) is 0 Å². The van der Waals surface area contributed by atoms with Crippen molar-refractivity contribution in [2.45, 2.75) is 97.2 Å². The maximum atomic E-state index is 13.8. The monoisotopic (exact) mass is 498 g/mol. The quantitative estimate of drug-likeness (QED) is 0.0694. The van der Waals surface area contributed by atoms with Crippen LogP contribution in [-0.2, 0) is 25.6 Å². The van der Waals surface area contributed by atoms with E-state index in [0.717, 1.165) is 25.7 Å². The summed E-state index contributed by atoms with van der Waals surface area (Å²) < 4.78 is 90.0. The molecule has 0 radical (unpaired) electrons. The molecule has 9 heteroatoms. The topological polar surface area (TPSA) is 36.9 Å². The molecule has 0 aliphatic heterocycles. The molecule has 1 aromatic carbocycles.